The Morgan fingerprint density at radius 3 is 2.48 bits per heavy atom. The van der Waals surface area contributed by atoms with Crippen LogP contribution in [-0.2, 0) is 14.8 Å². The van der Waals surface area contributed by atoms with Gasteiger partial charge in [-0.05, 0) is 67.0 Å². The Balaban J connectivity index is 1.95. The molecule has 0 amide bonds. The van der Waals surface area contributed by atoms with Crippen molar-refractivity contribution in [3.63, 3.8) is 0 Å². The minimum atomic E-state index is -3.53. The maximum atomic E-state index is 13.5. The third-order valence-electron chi connectivity index (χ3n) is 5.88. The van der Waals surface area contributed by atoms with Crippen LogP contribution in [0.25, 0.3) is 16.8 Å². The Bertz CT molecular complexity index is 1300. The molecule has 2 aromatic heterocycles. The van der Waals surface area contributed by atoms with E-state index < -0.39 is 21.8 Å². The molecule has 0 saturated heterocycles. The number of pyridine rings is 1. The van der Waals surface area contributed by atoms with Gasteiger partial charge in [-0.3, -0.25) is 4.31 Å². The topological polar surface area (TPSA) is 81.0 Å². The van der Waals surface area contributed by atoms with Crippen molar-refractivity contribution in [2.45, 2.75) is 39.0 Å². The first-order valence-corrected chi connectivity index (χ1v) is 12.8. The van der Waals surface area contributed by atoms with Gasteiger partial charge in [-0.15, -0.1) is 0 Å². The van der Waals surface area contributed by atoms with Crippen molar-refractivity contribution in [3.05, 3.63) is 53.5 Å². The molecule has 0 aliphatic heterocycles. The predicted molar refractivity (Wildman–Crippen MR) is 126 cm³/mol. The van der Waals surface area contributed by atoms with E-state index in [1.54, 1.807) is 18.3 Å². The molecule has 7 nitrogen and oxygen atoms in total. The van der Waals surface area contributed by atoms with Crippen LogP contribution < -0.4 is 4.31 Å². The third-order valence-corrected chi connectivity index (χ3v) is 7.06. The summed E-state index contributed by atoms with van der Waals surface area (Å²) in [4.78, 5) is 12.7. The number of carbonyl (C=O) groups is 1. The van der Waals surface area contributed by atoms with Gasteiger partial charge in [-0.25, -0.2) is 22.1 Å². The molecule has 1 fully saturated rings. The number of sulfonamides is 1. The number of aromatic nitrogens is 2. The van der Waals surface area contributed by atoms with Gasteiger partial charge in [0, 0.05) is 12.1 Å². The second kappa shape index (κ2) is 8.78. The Morgan fingerprint density at radius 1 is 1.27 bits per heavy atom. The number of benzene rings is 1. The Labute approximate surface area is 193 Å². The van der Waals surface area contributed by atoms with Crippen LogP contribution in [0.3, 0.4) is 0 Å². The molecule has 0 bridgehead atoms. The zero-order valence-electron chi connectivity index (χ0n) is 19.2. The normalized spacial score (nSPS) is 14.1. The summed E-state index contributed by atoms with van der Waals surface area (Å²) in [5, 5.41) is 4.59. The minimum absolute atomic E-state index is 0.225. The van der Waals surface area contributed by atoms with E-state index in [9.17, 15) is 17.6 Å². The van der Waals surface area contributed by atoms with Gasteiger partial charge < -0.3 is 4.74 Å². The van der Waals surface area contributed by atoms with E-state index in [2.05, 4.69) is 18.9 Å². The average Bonchev–Trinajstić information content (AvgIpc) is 3.53. The largest absolute Gasteiger partial charge is 0.465 e. The number of nitrogens with zero attached hydrogens (tertiary/aromatic N) is 3. The Hall–Kier alpha value is -2.94. The molecule has 1 aliphatic carbocycles. The molecule has 4 rings (SSSR count). The van der Waals surface area contributed by atoms with Crippen LogP contribution in [-0.4, -0.2) is 43.9 Å². The van der Waals surface area contributed by atoms with Gasteiger partial charge in [0.15, 0.2) is 0 Å². The first kappa shape index (κ1) is 23.2. The summed E-state index contributed by atoms with van der Waals surface area (Å²) in [7, 11) is -2.23. The molecule has 3 aromatic rings. The van der Waals surface area contributed by atoms with Crippen molar-refractivity contribution in [2.75, 3.05) is 24.2 Å². The highest BCUT2D eigenvalue weighted by Crippen LogP contribution is 2.46. The molecule has 0 spiro atoms. The third kappa shape index (κ3) is 4.73. The van der Waals surface area contributed by atoms with Gasteiger partial charge in [0.2, 0.25) is 10.0 Å². The molecular weight excluding hydrogens is 445 g/mol. The summed E-state index contributed by atoms with van der Waals surface area (Å²) in [6.45, 7) is 4.46. The summed E-state index contributed by atoms with van der Waals surface area (Å²) in [5.41, 5.74) is 3.18. The lowest BCUT2D eigenvalue weighted by Gasteiger charge is -2.26. The van der Waals surface area contributed by atoms with Crippen molar-refractivity contribution < 1.29 is 22.3 Å². The summed E-state index contributed by atoms with van der Waals surface area (Å²) >= 11 is 0. The standard InChI is InChI=1S/C24H28FN3O4S/c1-15(2)11-12-28(33(4,30)31)21-14-27-20(13-19(21)16-5-6-16)22(24(29)32-3)23(26-27)17-7-9-18(25)10-8-17/h7-10,13-16H,5-6,11-12H2,1-4H3. The first-order valence-electron chi connectivity index (χ1n) is 11.0. The Kier molecular flexibility index (Phi) is 6.18. The summed E-state index contributed by atoms with van der Waals surface area (Å²) in [5.74, 6) is -0.390. The van der Waals surface area contributed by atoms with E-state index >= 15 is 0 Å². The first-order chi connectivity index (χ1) is 15.6. The van der Waals surface area contributed by atoms with Crippen LogP contribution in [0.2, 0.25) is 0 Å². The molecule has 0 radical (unpaired) electrons. The lowest BCUT2D eigenvalue weighted by molar-refractivity contribution is 0.0604. The van der Waals surface area contributed by atoms with Gasteiger partial charge in [0.25, 0.3) is 0 Å². The van der Waals surface area contributed by atoms with Crippen molar-refractivity contribution >= 4 is 27.2 Å². The van der Waals surface area contributed by atoms with Gasteiger partial charge >= 0.3 is 5.97 Å². The number of rotatable bonds is 8. The van der Waals surface area contributed by atoms with Crippen LogP contribution >= 0.6 is 0 Å². The van der Waals surface area contributed by atoms with Crippen LogP contribution in [0, 0.1) is 11.7 Å². The highest BCUT2D eigenvalue weighted by molar-refractivity contribution is 7.92. The molecule has 0 N–H and O–H groups in total. The van der Waals surface area contributed by atoms with Crippen LogP contribution in [0.4, 0.5) is 10.1 Å². The maximum absolute atomic E-state index is 13.5. The van der Waals surface area contributed by atoms with Crippen LogP contribution in [0.15, 0.2) is 36.5 Å². The van der Waals surface area contributed by atoms with Gasteiger partial charge in [0.1, 0.15) is 17.1 Å². The van der Waals surface area contributed by atoms with Crippen LogP contribution in [0.1, 0.15) is 54.9 Å². The lowest BCUT2D eigenvalue weighted by Crippen LogP contribution is -2.32. The maximum Gasteiger partial charge on any atom is 0.342 e. The van der Waals surface area contributed by atoms with E-state index in [0.29, 0.717) is 41.3 Å². The number of hydrogen-bond acceptors (Lipinski definition) is 5. The predicted octanol–water partition coefficient (Wildman–Crippen LogP) is 4.62. The average molecular weight is 474 g/mol. The zero-order chi connectivity index (χ0) is 23.9. The van der Waals surface area contributed by atoms with Gasteiger partial charge in [0.05, 0.1) is 30.8 Å². The summed E-state index contributed by atoms with van der Waals surface area (Å²) < 4.78 is 47.0. The summed E-state index contributed by atoms with van der Waals surface area (Å²) in [6.07, 6.45) is 5.52. The lowest BCUT2D eigenvalue weighted by atomic mass is 10.0. The zero-order valence-corrected chi connectivity index (χ0v) is 20.0. The highest BCUT2D eigenvalue weighted by Gasteiger charge is 2.33. The van der Waals surface area contributed by atoms with E-state index in [0.717, 1.165) is 18.4 Å². The molecule has 1 aromatic carbocycles. The fourth-order valence-electron chi connectivity index (χ4n) is 3.98. The van der Waals surface area contributed by atoms with Crippen LogP contribution in [0.5, 0.6) is 0 Å². The molecule has 2 heterocycles. The monoisotopic (exact) mass is 473 g/mol. The molecule has 33 heavy (non-hydrogen) atoms. The fourth-order valence-corrected chi connectivity index (χ4v) is 4.93. The molecule has 1 saturated carbocycles. The van der Waals surface area contributed by atoms with Gasteiger partial charge in [-0.1, -0.05) is 13.8 Å². The van der Waals surface area contributed by atoms with Crippen molar-refractivity contribution in [2.24, 2.45) is 5.92 Å². The SMILES string of the molecule is COC(=O)c1c(-c2ccc(F)cc2)nn2cc(N(CCC(C)C)S(C)(=O)=O)c(C3CC3)cc12. The molecule has 1 aliphatic rings. The quantitative estimate of drug-likeness (QED) is 0.446. The summed E-state index contributed by atoms with van der Waals surface area (Å²) in [6, 6.07) is 7.57. The van der Waals surface area contributed by atoms with Crippen molar-refractivity contribution in [3.8, 4) is 11.3 Å². The molecule has 0 atom stereocenters. The number of halogens is 1. The van der Waals surface area contributed by atoms with Crippen molar-refractivity contribution in [1.29, 1.82) is 0 Å². The second-order valence-corrected chi connectivity index (χ2v) is 10.9. The number of ether oxygens (including phenoxy) is 1. The molecule has 176 valence electrons. The van der Waals surface area contributed by atoms with E-state index in [1.165, 1.54) is 34.3 Å². The minimum Gasteiger partial charge on any atom is -0.465 e. The number of fused-ring (bicyclic) bond motifs is 1. The van der Waals surface area contributed by atoms with E-state index in [4.69, 9.17) is 4.74 Å². The Morgan fingerprint density at radius 2 is 1.94 bits per heavy atom. The van der Waals surface area contributed by atoms with E-state index in [1.807, 2.05) is 6.07 Å². The number of hydrogen-bond donors (Lipinski definition) is 0. The molecular formula is C24H28FN3O4S. The molecule has 9 heteroatoms. The highest BCUT2D eigenvalue weighted by atomic mass is 32.2. The van der Waals surface area contributed by atoms with Crippen molar-refractivity contribution in [1.82, 2.24) is 9.61 Å². The fraction of sp³-hybridized carbons (Fsp3) is 0.417. The van der Waals surface area contributed by atoms with E-state index in [-0.39, 0.29) is 11.5 Å². The number of carbonyl (C=O) groups excluding carboxylic acids is 1. The number of methoxy groups -OCH3 is 1. The van der Waals surface area contributed by atoms with Gasteiger partial charge in [-0.2, -0.15) is 5.10 Å². The molecule has 0 unspecified atom stereocenters. The second-order valence-electron chi connectivity index (χ2n) is 8.96. The number of anilines is 1. The smallest absolute Gasteiger partial charge is 0.342 e. The number of esters is 1.